The lowest BCUT2D eigenvalue weighted by atomic mass is 10.0. The van der Waals surface area contributed by atoms with E-state index in [1.54, 1.807) is 0 Å². The molecule has 0 bridgehead atoms. The molecular formula is C19H28ClN3O2. The molecule has 3 rings (SSSR count). The van der Waals surface area contributed by atoms with Crippen molar-refractivity contribution in [2.75, 3.05) is 52.5 Å². The number of amides is 1. The van der Waals surface area contributed by atoms with Crippen LogP contribution in [0.3, 0.4) is 0 Å². The molecule has 0 aromatic heterocycles. The third kappa shape index (κ3) is 5.96. The van der Waals surface area contributed by atoms with E-state index < -0.39 is 0 Å². The highest BCUT2D eigenvalue weighted by Crippen LogP contribution is 2.17. The molecule has 1 aromatic rings. The zero-order valence-corrected chi connectivity index (χ0v) is 15.5. The first-order valence-corrected chi connectivity index (χ1v) is 9.64. The SMILES string of the molecule is O=C(CN1CCC(N2CCOCC2)CC1)NCCc1ccc(Cl)cc1. The number of hydrogen-bond donors (Lipinski definition) is 1. The zero-order valence-electron chi connectivity index (χ0n) is 14.8. The maximum absolute atomic E-state index is 12.1. The molecule has 2 fully saturated rings. The van der Waals surface area contributed by atoms with Gasteiger partial charge in [-0.25, -0.2) is 0 Å². The highest BCUT2D eigenvalue weighted by Gasteiger charge is 2.26. The van der Waals surface area contributed by atoms with Crippen LogP contribution in [-0.4, -0.2) is 74.2 Å². The van der Waals surface area contributed by atoms with Crippen molar-refractivity contribution in [1.29, 1.82) is 0 Å². The van der Waals surface area contributed by atoms with Gasteiger partial charge in [0.1, 0.15) is 0 Å². The van der Waals surface area contributed by atoms with E-state index in [9.17, 15) is 4.79 Å². The van der Waals surface area contributed by atoms with Crippen molar-refractivity contribution >= 4 is 17.5 Å². The van der Waals surface area contributed by atoms with Crippen molar-refractivity contribution < 1.29 is 9.53 Å². The van der Waals surface area contributed by atoms with Gasteiger partial charge in [0.2, 0.25) is 5.91 Å². The first-order valence-electron chi connectivity index (χ1n) is 9.26. The van der Waals surface area contributed by atoms with Crippen molar-refractivity contribution in [2.24, 2.45) is 0 Å². The second-order valence-electron chi connectivity index (χ2n) is 6.88. The lowest BCUT2D eigenvalue weighted by Crippen LogP contribution is -2.50. The molecule has 2 heterocycles. The van der Waals surface area contributed by atoms with E-state index in [0.717, 1.165) is 63.7 Å². The molecule has 25 heavy (non-hydrogen) atoms. The van der Waals surface area contributed by atoms with Gasteiger partial charge < -0.3 is 10.1 Å². The predicted molar refractivity (Wildman–Crippen MR) is 100 cm³/mol. The lowest BCUT2D eigenvalue weighted by Gasteiger charge is -2.39. The topological polar surface area (TPSA) is 44.8 Å². The molecule has 2 aliphatic heterocycles. The fourth-order valence-corrected chi connectivity index (χ4v) is 3.77. The monoisotopic (exact) mass is 365 g/mol. The lowest BCUT2D eigenvalue weighted by molar-refractivity contribution is -0.122. The molecule has 1 N–H and O–H groups in total. The number of ether oxygens (including phenoxy) is 1. The normalized spacial score (nSPS) is 20.5. The standard InChI is InChI=1S/C19H28ClN3O2/c20-17-3-1-16(2-4-17)5-8-21-19(24)15-22-9-6-18(7-10-22)23-11-13-25-14-12-23/h1-4,18H,5-15H2,(H,21,24). The highest BCUT2D eigenvalue weighted by molar-refractivity contribution is 6.30. The average molecular weight is 366 g/mol. The van der Waals surface area contributed by atoms with Crippen LogP contribution in [0.15, 0.2) is 24.3 Å². The predicted octanol–water partition coefficient (Wildman–Crippen LogP) is 1.80. The Bertz CT molecular complexity index is 538. The van der Waals surface area contributed by atoms with Gasteiger partial charge in [-0.2, -0.15) is 0 Å². The number of nitrogens with zero attached hydrogens (tertiary/aromatic N) is 2. The van der Waals surface area contributed by atoms with Crippen molar-refractivity contribution in [2.45, 2.75) is 25.3 Å². The first-order chi connectivity index (χ1) is 12.2. The molecule has 0 radical (unpaired) electrons. The number of nitrogens with one attached hydrogen (secondary N) is 1. The van der Waals surface area contributed by atoms with Gasteiger partial charge in [-0.1, -0.05) is 23.7 Å². The maximum Gasteiger partial charge on any atom is 0.234 e. The molecule has 0 unspecified atom stereocenters. The molecule has 1 aromatic carbocycles. The van der Waals surface area contributed by atoms with E-state index in [0.29, 0.717) is 19.1 Å². The Kier molecular flexibility index (Phi) is 7.11. The van der Waals surface area contributed by atoms with Crippen LogP contribution in [0, 0.1) is 0 Å². The number of piperidine rings is 1. The number of likely N-dealkylation sites (tertiary alicyclic amines) is 1. The van der Waals surface area contributed by atoms with Gasteiger partial charge in [0.05, 0.1) is 19.8 Å². The number of rotatable bonds is 6. The molecule has 2 aliphatic rings. The molecule has 1 amide bonds. The first kappa shape index (κ1) is 18.6. The number of carbonyl (C=O) groups excluding carboxylic acids is 1. The van der Waals surface area contributed by atoms with Crippen LogP contribution in [0.1, 0.15) is 18.4 Å². The second kappa shape index (κ2) is 9.53. The summed E-state index contributed by atoms with van der Waals surface area (Å²) in [6, 6.07) is 8.44. The van der Waals surface area contributed by atoms with Crippen LogP contribution in [0.2, 0.25) is 5.02 Å². The fraction of sp³-hybridized carbons (Fsp3) is 0.632. The Hall–Kier alpha value is -1.14. The third-order valence-corrected chi connectivity index (χ3v) is 5.39. The van der Waals surface area contributed by atoms with Crippen LogP contribution >= 0.6 is 11.6 Å². The van der Waals surface area contributed by atoms with Gasteiger partial charge in [-0.3, -0.25) is 14.6 Å². The van der Waals surface area contributed by atoms with Crippen LogP contribution in [0.4, 0.5) is 0 Å². The van der Waals surface area contributed by atoms with Gasteiger partial charge in [-0.15, -0.1) is 0 Å². The van der Waals surface area contributed by atoms with Crippen LogP contribution in [0.5, 0.6) is 0 Å². The van der Waals surface area contributed by atoms with Crippen molar-refractivity contribution in [3.8, 4) is 0 Å². The molecule has 6 heteroatoms. The summed E-state index contributed by atoms with van der Waals surface area (Å²) in [5.74, 6) is 0.124. The van der Waals surface area contributed by atoms with E-state index in [-0.39, 0.29) is 5.91 Å². The average Bonchev–Trinajstić information content (AvgIpc) is 2.65. The second-order valence-corrected chi connectivity index (χ2v) is 7.32. The van der Waals surface area contributed by atoms with E-state index in [4.69, 9.17) is 16.3 Å². The van der Waals surface area contributed by atoms with Crippen LogP contribution < -0.4 is 5.32 Å². The molecule has 0 saturated carbocycles. The van der Waals surface area contributed by atoms with E-state index in [1.807, 2.05) is 24.3 Å². The quantitative estimate of drug-likeness (QED) is 0.835. The molecule has 2 saturated heterocycles. The van der Waals surface area contributed by atoms with E-state index >= 15 is 0 Å². The Morgan fingerprint density at radius 1 is 1.12 bits per heavy atom. The zero-order chi connectivity index (χ0) is 17.5. The Balaban J connectivity index is 1.31. The molecule has 0 atom stereocenters. The third-order valence-electron chi connectivity index (χ3n) is 5.14. The van der Waals surface area contributed by atoms with Gasteiger partial charge in [0, 0.05) is 43.8 Å². The fourth-order valence-electron chi connectivity index (χ4n) is 3.64. The van der Waals surface area contributed by atoms with Gasteiger partial charge >= 0.3 is 0 Å². The number of benzene rings is 1. The smallest absolute Gasteiger partial charge is 0.234 e. The van der Waals surface area contributed by atoms with Gasteiger partial charge in [0.25, 0.3) is 0 Å². The van der Waals surface area contributed by atoms with E-state index in [1.165, 1.54) is 5.56 Å². The minimum atomic E-state index is 0.124. The summed E-state index contributed by atoms with van der Waals surface area (Å²) in [6.45, 7) is 7.01. The Morgan fingerprint density at radius 2 is 1.80 bits per heavy atom. The number of morpholine rings is 1. The summed E-state index contributed by atoms with van der Waals surface area (Å²) in [5, 5.41) is 3.77. The summed E-state index contributed by atoms with van der Waals surface area (Å²) in [7, 11) is 0. The Labute approximate surface area is 155 Å². The molecule has 5 nitrogen and oxygen atoms in total. The molecular weight excluding hydrogens is 338 g/mol. The van der Waals surface area contributed by atoms with Gasteiger partial charge in [0.15, 0.2) is 0 Å². The molecule has 138 valence electrons. The summed E-state index contributed by atoms with van der Waals surface area (Å²) >= 11 is 5.88. The summed E-state index contributed by atoms with van der Waals surface area (Å²) in [4.78, 5) is 17.0. The minimum Gasteiger partial charge on any atom is -0.379 e. The molecule has 0 spiro atoms. The molecule has 0 aliphatic carbocycles. The van der Waals surface area contributed by atoms with Crippen LogP contribution in [-0.2, 0) is 16.0 Å². The van der Waals surface area contributed by atoms with Crippen molar-refractivity contribution in [3.63, 3.8) is 0 Å². The summed E-state index contributed by atoms with van der Waals surface area (Å²) < 4.78 is 5.43. The largest absolute Gasteiger partial charge is 0.379 e. The summed E-state index contributed by atoms with van der Waals surface area (Å²) in [5.41, 5.74) is 1.19. The maximum atomic E-state index is 12.1. The van der Waals surface area contributed by atoms with Gasteiger partial charge in [-0.05, 0) is 37.0 Å². The Morgan fingerprint density at radius 3 is 2.48 bits per heavy atom. The number of hydrogen-bond acceptors (Lipinski definition) is 4. The minimum absolute atomic E-state index is 0.124. The number of carbonyl (C=O) groups is 1. The van der Waals surface area contributed by atoms with E-state index in [2.05, 4.69) is 15.1 Å². The van der Waals surface area contributed by atoms with Crippen molar-refractivity contribution in [1.82, 2.24) is 15.1 Å². The highest BCUT2D eigenvalue weighted by atomic mass is 35.5. The van der Waals surface area contributed by atoms with Crippen molar-refractivity contribution in [3.05, 3.63) is 34.9 Å². The summed E-state index contributed by atoms with van der Waals surface area (Å²) in [6.07, 6.45) is 3.14. The number of halogens is 1. The van der Waals surface area contributed by atoms with Crippen LogP contribution in [0.25, 0.3) is 0 Å².